The van der Waals surface area contributed by atoms with Gasteiger partial charge in [0.25, 0.3) is 5.56 Å². The van der Waals surface area contributed by atoms with Crippen LogP contribution in [0.2, 0.25) is 0 Å². The lowest BCUT2D eigenvalue weighted by atomic mass is 10.2. The van der Waals surface area contributed by atoms with Crippen LogP contribution in [0, 0.1) is 0 Å². The van der Waals surface area contributed by atoms with E-state index in [1.807, 2.05) is 6.92 Å². The first-order valence-electron chi connectivity index (χ1n) is 6.62. The number of anilines is 2. The SMILES string of the molecule is CCCn1c(N)c(NCCCCC(N)=O)c(=O)[nH]c1=O. The molecule has 8 heteroatoms. The molecule has 0 radical (unpaired) electrons. The topological polar surface area (TPSA) is 136 Å². The van der Waals surface area contributed by atoms with Crippen LogP contribution in [-0.4, -0.2) is 22.0 Å². The second-order valence-electron chi connectivity index (χ2n) is 4.52. The van der Waals surface area contributed by atoms with E-state index in [0.717, 1.165) is 6.42 Å². The summed E-state index contributed by atoms with van der Waals surface area (Å²) in [5, 5.41) is 2.90. The van der Waals surface area contributed by atoms with Crippen molar-refractivity contribution in [1.29, 1.82) is 0 Å². The molecule has 6 N–H and O–H groups in total. The van der Waals surface area contributed by atoms with Crippen LogP contribution in [0.4, 0.5) is 11.5 Å². The molecule has 1 aromatic heterocycles. The number of hydrogen-bond donors (Lipinski definition) is 4. The van der Waals surface area contributed by atoms with Crippen molar-refractivity contribution in [3.8, 4) is 0 Å². The summed E-state index contributed by atoms with van der Waals surface area (Å²) >= 11 is 0. The van der Waals surface area contributed by atoms with E-state index in [9.17, 15) is 14.4 Å². The Kier molecular flexibility index (Phi) is 5.82. The smallest absolute Gasteiger partial charge is 0.330 e. The Balaban J connectivity index is 2.75. The van der Waals surface area contributed by atoms with Crippen LogP contribution in [0.15, 0.2) is 9.59 Å². The van der Waals surface area contributed by atoms with Crippen molar-refractivity contribution >= 4 is 17.4 Å². The fourth-order valence-electron chi connectivity index (χ4n) is 1.84. The van der Waals surface area contributed by atoms with Gasteiger partial charge in [-0.25, -0.2) is 4.79 Å². The molecule has 0 fully saturated rings. The van der Waals surface area contributed by atoms with Crippen LogP contribution < -0.4 is 28.0 Å². The lowest BCUT2D eigenvalue weighted by molar-refractivity contribution is -0.118. The van der Waals surface area contributed by atoms with Crippen LogP contribution in [-0.2, 0) is 11.3 Å². The largest absolute Gasteiger partial charge is 0.383 e. The highest BCUT2D eigenvalue weighted by Crippen LogP contribution is 2.10. The van der Waals surface area contributed by atoms with Crippen LogP contribution in [0.25, 0.3) is 0 Å². The first-order valence-corrected chi connectivity index (χ1v) is 6.62. The normalized spacial score (nSPS) is 10.4. The van der Waals surface area contributed by atoms with Gasteiger partial charge in [0.15, 0.2) is 0 Å². The number of carbonyl (C=O) groups excluding carboxylic acids is 1. The van der Waals surface area contributed by atoms with Crippen LogP contribution >= 0.6 is 0 Å². The number of aromatic nitrogens is 2. The van der Waals surface area contributed by atoms with Crippen molar-refractivity contribution in [3.63, 3.8) is 0 Å². The van der Waals surface area contributed by atoms with Gasteiger partial charge in [0.2, 0.25) is 5.91 Å². The highest BCUT2D eigenvalue weighted by molar-refractivity contribution is 5.73. The number of amides is 1. The lowest BCUT2D eigenvalue weighted by Gasteiger charge is -2.13. The summed E-state index contributed by atoms with van der Waals surface area (Å²) < 4.78 is 1.33. The predicted molar refractivity (Wildman–Crippen MR) is 77.6 cm³/mol. The Morgan fingerprint density at radius 1 is 1.35 bits per heavy atom. The van der Waals surface area contributed by atoms with Crippen LogP contribution in [0.5, 0.6) is 0 Å². The number of rotatable bonds is 8. The van der Waals surface area contributed by atoms with E-state index in [-0.39, 0.29) is 17.4 Å². The third-order valence-corrected chi connectivity index (χ3v) is 2.84. The maximum Gasteiger partial charge on any atom is 0.330 e. The number of nitrogens with two attached hydrogens (primary N) is 2. The van der Waals surface area contributed by atoms with E-state index in [2.05, 4.69) is 10.3 Å². The van der Waals surface area contributed by atoms with Gasteiger partial charge in [-0.2, -0.15) is 0 Å². The Labute approximate surface area is 116 Å². The number of H-pyrrole nitrogens is 1. The molecule has 0 aliphatic carbocycles. The molecule has 8 nitrogen and oxygen atoms in total. The predicted octanol–water partition coefficient (Wildman–Crippen LogP) is -0.404. The molecule has 0 aliphatic heterocycles. The fraction of sp³-hybridized carbons (Fsp3) is 0.583. The number of carbonyl (C=O) groups is 1. The van der Waals surface area contributed by atoms with Crippen molar-refractivity contribution in [2.24, 2.45) is 5.73 Å². The minimum Gasteiger partial charge on any atom is -0.383 e. The minimum absolute atomic E-state index is 0.135. The first kappa shape index (κ1) is 15.8. The number of nitrogens with one attached hydrogen (secondary N) is 2. The molecule has 0 atom stereocenters. The quantitative estimate of drug-likeness (QED) is 0.481. The van der Waals surface area contributed by atoms with Crippen molar-refractivity contribution in [1.82, 2.24) is 9.55 Å². The van der Waals surface area contributed by atoms with Gasteiger partial charge in [-0.15, -0.1) is 0 Å². The summed E-state index contributed by atoms with van der Waals surface area (Å²) in [4.78, 5) is 36.1. The molecule has 0 saturated carbocycles. The second-order valence-corrected chi connectivity index (χ2v) is 4.52. The number of primary amides is 1. The van der Waals surface area contributed by atoms with Gasteiger partial charge in [-0.05, 0) is 19.3 Å². The highest BCUT2D eigenvalue weighted by atomic mass is 16.2. The molecular weight excluding hydrogens is 262 g/mol. The molecule has 1 amide bonds. The fourth-order valence-corrected chi connectivity index (χ4v) is 1.84. The van der Waals surface area contributed by atoms with Crippen molar-refractivity contribution in [3.05, 3.63) is 20.8 Å². The number of nitrogen functional groups attached to an aromatic ring is 1. The molecule has 0 bridgehead atoms. The average Bonchev–Trinajstić information content (AvgIpc) is 2.37. The summed E-state index contributed by atoms with van der Waals surface area (Å²) in [7, 11) is 0. The molecule has 112 valence electrons. The molecule has 20 heavy (non-hydrogen) atoms. The number of unbranched alkanes of at least 4 members (excludes halogenated alkanes) is 1. The Morgan fingerprint density at radius 2 is 2.05 bits per heavy atom. The van der Waals surface area contributed by atoms with Crippen LogP contribution in [0.1, 0.15) is 32.6 Å². The zero-order valence-corrected chi connectivity index (χ0v) is 11.6. The van der Waals surface area contributed by atoms with Gasteiger partial charge < -0.3 is 16.8 Å². The standard InChI is InChI=1S/C12H21N5O3/c1-2-7-17-10(14)9(11(19)16-12(17)20)15-6-4-3-5-8(13)18/h15H,2-7,14H2,1H3,(H2,13,18)(H,16,19,20). The Hall–Kier alpha value is -2.25. The van der Waals surface area contributed by atoms with E-state index < -0.39 is 11.2 Å². The summed E-state index contributed by atoms with van der Waals surface area (Å²) in [6.07, 6.45) is 2.35. The van der Waals surface area contributed by atoms with E-state index in [1.54, 1.807) is 0 Å². The molecule has 0 aliphatic rings. The van der Waals surface area contributed by atoms with Crippen molar-refractivity contribution < 1.29 is 4.79 Å². The zero-order valence-electron chi connectivity index (χ0n) is 11.6. The summed E-state index contributed by atoms with van der Waals surface area (Å²) in [5.41, 5.74) is 10.0. The maximum atomic E-state index is 11.7. The molecule has 1 rings (SSSR count). The number of nitrogens with zero attached hydrogens (tertiary/aromatic N) is 1. The molecule has 0 aromatic carbocycles. The van der Waals surface area contributed by atoms with Crippen molar-refractivity contribution in [2.45, 2.75) is 39.2 Å². The molecule has 0 saturated heterocycles. The monoisotopic (exact) mass is 283 g/mol. The Morgan fingerprint density at radius 3 is 2.65 bits per heavy atom. The van der Waals surface area contributed by atoms with Gasteiger partial charge in [0.1, 0.15) is 11.5 Å². The van der Waals surface area contributed by atoms with Crippen molar-refractivity contribution in [2.75, 3.05) is 17.6 Å². The molecule has 0 unspecified atom stereocenters. The summed E-state index contributed by atoms with van der Waals surface area (Å²) in [6.45, 7) is 2.83. The minimum atomic E-state index is -0.533. The maximum absolute atomic E-state index is 11.7. The first-order chi connectivity index (χ1) is 9.47. The average molecular weight is 283 g/mol. The van der Waals surface area contributed by atoms with Gasteiger partial charge >= 0.3 is 5.69 Å². The van der Waals surface area contributed by atoms with E-state index in [1.165, 1.54) is 4.57 Å². The van der Waals surface area contributed by atoms with Gasteiger partial charge in [0.05, 0.1) is 0 Å². The van der Waals surface area contributed by atoms with E-state index >= 15 is 0 Å². The molecular formula is C12H21N5O3. The molecule has 0 spiro atoms. The molecule has 1 aromatic rings. The van der Waals surface area contributed by atoms with Gasteiger partial charge in [-0.1, -0.05) is 6.92 Å². The van der Waals surface area contributed by atoms with E-state index in [4.69, 9.17) is 11.5 Å². The molecule has 1 heterocycles. The summed E-state index contributed by atoms with van der Waals surface area (Å²) in [6, 6.07) is 0. The van der Waals surface area contributed by atoms with Crippen LogP contribution in [0.3, 0.4) is 0 Å². The second kappa shape index (κ2) is 7.37. The Bertz CT molecular complexity index is 575. The van der Waals surface area contributed by atoms with Gasteiger partial charge in [0, 0.05) is 19.5 Å². The zero-order chi connectivity index (χ0) is 15.1. The number of hydrogen-bond acceptors (Lipinski definition) is 5. The lowest BCUT2D eigenvalue weighted by Crippen LogP contribution is -2.34. The van der Waals surface area contributed by atoms with Gasteiger partial charge in [-0.3, -0.25) is 19.1 Å². The highest BCUT2D eigenvalue weighted by Gasteiger charge is 2.11. The third kappa shape index (κ3) is 4.15. The third-order valence-electron chi connectivity index (χ3n) is 2.84. The van der Waals surface area contributed by atoms with E-state index in [0.29, 0.717) is 32.4 Å². The number of aromatic amines is 1. The summed E-state index contributed by atoms with van der Waals surface area (Å²) in [5.74, 6) is -0.214.